The molecule has 0 radical (unpaired) electrons. The van der Waals surface area contributed by atoms with Crippen molar-refractivity contribution in [3.63, 3.8) is 0 Å². The SMILES string of the molecule is C=Nc1cccc(-c2ccc3c(=O)n(CC4CCCO4)c(N=C)nc3c2)c1. The van der Waals surface area contributed by atoms with Crippen LogP contribution in [0.3, 0.4) is 0 Å². The number of rotatable bonds is 5. The second-order valence-electron chi connectivity index (χ2n) is 6.56. The maximum absolute atomic E-state index is 13.0. The molecule has 0 N–H and O–H groups in total. The van der Waals surface area contributed by atoms with E-state index in [4.69, 9.17) is 4.74 Å². The standard InChI is InChI=1S/C21H20N4O2/c1-22-16-6-3-5-14(11-16)15-8-9-18-19(12-15)24-21(23-2)25(20(18)26)13-17-7-4-10-27-17/h3,5-6,8-9,11-12,17H,1-2,4,7,10,13H2. The topological polar surface area (TPSA) is 68.8 Å². The van der Waals surface area contributed by atoms with Crippen LogP contribution in [-0.2, 0) is 11.3 Å². The number of hydrogen-bond donors (Lipinski definition) is 0. The number of fused-ring (bicyclic) bond motifs is 1. The fourth-order valence-corrected chi connectivity index (χ4v) is 3.45. The molecule has 3 aromatic rings. The van der Waals surface area contributed by atoms with Gasteiger partial charge in [0.25, 0.3) is 5.56 Å². The number of benzene rings is 2. The van der Waals surface area contributed by atoms with Gasteiger partial charge in [-0.15, -0.1) is 0 Å². The van der Waals surface area contributed by atoms with Gasteiger partial charge in [0.05, 0.1) is 29.2 Å². The Bertz CT molecular complexity index is 1080. The number of ether oxygens (including phenoxy) is 1. The summed E-state index contributed by atoms with van der Waals surface area (Å²) in [5.74, 6) is 0.321. The van der Waals surface area contributed by atoms with Gasteiger partial charge in [0.15, 0.2) is 0 Å². The van der Waals surface area contributed by atoms with Crippen LogP contribution >= 0.6 is 0 Å². The maximum atomic E-state index is 13.0. The van der Waals surface area contributed by atoms with Gasteiger partial charge in [-0.3, -0.25) is 14.4 Å². The highest BCUT2D eigenvalue weighted by Gasteiger charge is 2.19. The summed E-state index contributed by atoms with van der Waals surface area (Å²) in [5.41, 5.74) is 3.21. The van der Waals surface area contributed by atoms with Gasteiger partial charge in [0.2, 0.25) is 5.95 Å². The van der Waals surface area contributed by atoms with Gasteiger partial charge in [-0.05, 0) is 61.7 Å². The van der Waals surface area contributed by atoms with Gasteiger partial charge in [-0.1, -0.05) is 18.2 Å². The molecule has 1 aliphatic rings. The summed E-state index contributed by atoms with van der Waals surface area (Å²) < 4.78 is 7.22. The van der Waals surface area contributed by atoms with Crippen molar-refractivity contribution in [3.8, 4) is 11.1 Å². The van der Waals surface area contributed by atoms with E-state index in [-0.39, 0.29) is 11.7 Å². The van der Waals surface area contributed by atoms with Crippen LogP contribution in [0.25, 0.3) is 22.0 Å². The lowest BCUT2D eigenvalue weighted by Crippen LogP contribution is -2.27. The number of aromatic nitrogens is 2. The van der Waals surface area contributed by atoms with E-state index >= 15 is 0 Å². The molecule has 4 rings (SSSR count). The second kappa shape index (κ2) is 7.25. The van der Waals surface area contributed by atoms with Crippen LogP contribution < -0.4 is 5.56 Å². The Kier molecular flexibility index (Phi) is 4.64. The quantitative estimate of drug-likeness (QED) is 0.648. The molecule has 6 heteroatoms. The van der Waals surface area contributed by atoms with Crippen LogP contribution in [0.2, 0.25) is 0 Å². The van der Waals surface area contributed by atoms with Crippen molar-refractivity contribution in [1.29, 1.82) is 0 Å². The van der Waals surface area contributed by atoms with E-state index in [0.29, 0.717) is 23.4 Å². The molecule has 1 unspecified atom stereocenters. The predicted molar refractivity (Wildman–Crippen MR) is 109 cm³/mol. The second-order valence-corrected chi connectivity index (χ2v) is 6.56. The van der Waals surface area contributed by atoms with E-state index in [0.717, 1.165) is 36.3 Å². The summed E-state index contributed by atoms with van der Waals surface area (Å²) in [4.78, 5) is 25.5. The fourth-order valence-electron chi connectivity index (χ4n) is 3.45. The van der Waals surface area contributed by atoms with Crippen molar-refractivity contribution in [2.24, 2.45) is 9.98 Å². The summed E-state index contributed by atoms with van der Waals surface area (Å²) in [6, 6.07) is 13.4. The summed E-state index contributed by atoms with van der Waals surface area (Å²) >= 11 is 0. The molecule has 1 saturated heterocycles. The van der Waals surface area contributed by atoms with Crippen molar-refractivity contribution in [1.82, 2.24) is 9.55 Å². The number of nitrogens with zero attached hydrogens (tertiary/aromatic N) is 4. The van der Waals surface area contributed by atoms with Crippen LogP contribution in [0.15, 0.2) is 57.2 Å². The van der Waals surface area contributed by atoms with Gasteiger partial charge >= 0.3 is 0 Å². The lowest BCUT2D eigenvalue weighted by atomic mass is 10.0. The summed E-state index contributed by atoms with van der Waals surface area (Å²) in [7, 11) is 0. The summed E-state index contributed by atoms with van der Waals surface area (Å²) in [5, 5.41) is 0.558. The average molecular weight is 360 g/mol. The Morgan fingerprint density at radius 1 is 1.15 bits per heavy atom. The molecule has 0 saturated carbocycles. The molecule has 1 fully saturated rings. The minimum absolute atomic E-state index is 0.0240. The maximum Gasteiger partial charge on any atom is 0.262 e. The van der Waals surface area contributed by atoms with Gasteiger partial charge in [-0.25, -0.2) is 9.98 Å². The smallest absolute Gasteiger partial charge is 0.262 e. The summed E-state index contributed by atoms with van der Waals surface area (Å²) in [6.45, 7) is 8.34. The van der Waals surface area contributed by atoms with Crippen molar-refractivity contribution < 1.29 is 4.74 Å². The Morgan fingerprint density at radius 2 is 2.00 bits per heavy atom. The molecule has 0 bridgehead atoms. The third-order valence-electron chi connectivity index (χ3n) is 4.85. The van der Waals surface area contributed by atoms with Crippen LogP contribution in [0, 0.1) is 0 Å². The van der Waals surface area contributed by atoms with Crippen LogP contribution in [0.4, 0.5) is 11.6 Å². The lowest BCUT2D eigenvalue weighted by Gasteiger charge is -2.14. The summed E-state index contributed by atoms with van der Waals surface area (Å²) in [6.07, 6.45) is 1.98. The van der Waals surface area contributed by atoms with Crippen molar-refractivity contribution in [2.75, 3.05) is 6.61 Å². The molecular formula is C21H20N4O2. The average Bonchev–Trinajstić information content (AvgIpc) is 3.23. The first-order valence-corrected chi connectivity index (χ1v) is 8.89. The monoisotopic (exact) mass is 360 g/mol. The highest BCUT2D eigenvalue weighted by Crippen LogP contribution is 2.27. The molecule has 2 heterocycles. The molecule has 0 amide bonds. The van der Waals surface area contributed by atoms with Crippen LogP contribution in [0.5, 0.6) is 0 Å². The van der Waals surface area contributed by atoms with Gasteiger partial charge in [-0.2, -0.15) is 0 Å². The van der Waals surface area contributed by atoms with E-state index in [1.165, 1.54) is 0 Å². The van der Waals surface area contributed by atoms with Crippen molar-refractivity contribution in [3.05, 3.63) is 52.8 Å². The highest BCUT2D eigenvalue weighted by molar-refractivity contribution is 5.84. The Morgan fingerprint density at radius 3 is 2.74 bits per heavy atom. The van der Waals surface area contributed by atoms with Crippen LogP contribution in [0.1, 0.15) is 12.8 Å². The van der Waals surface area contributed by atoms with Gasteiger partial charge < -0.3 is 4.74 Å². The highest BCUT2D eigenvalue weighted by atomic mass is 16.5. The van der Waals surface area contributed by atoms with Gasteiger partial charge in [0.1, 0.15) is 0 Å². The van der Waals surface area contributed by atoms with E-state index < -0.39 is 0 Å². The molecule has 1 aliphatic heterocycles. The fraction of sp³-hybridized carbons (Fsp3) is 0.238. The molecule has 136 valence electrons. The molecule has 27 heavy (non-hydrogen) atoms. The van der Waals surface area contributed by atoms with E-state index in [9.17, 15) is 4.79 Å². The first kappa shape index (κ1) is 17.3. The van der Waals surface area contributed by atoms with Crippen LogP contribution in [-0.4, -0.2) is 35.7 Å². The van der Waals surface area contributed by atoms with E-state index in [1.54, 1.807) is 4.57 Å². The molecular weight excluding hydrogens is 340 g/mol. The predicted octanol–water partition coefficient (Wildman–Crippen LogP) is 3.91. The number of aliphatic imine (C=N–C) groups is 2. The van der Waals surface area contributed by atoms with E-state index in [1.807, 2.05) is 42.5 Å². The molecule has 6 nitrogen and oxygen atoms in total. The van der Waals surface area contributed by atoms with Gasteiger partial charge in [0, 0.05) is 6.61 Å². The Hall–Kier alpha value is -3.12. The molecule has 1 aromatic heterocycles. The zero-order valence-electron chi connectivity index (χ0n) is 15.0. The molecule has 2 aromatic carbocycles. The molecule has 0 aliphatic carbocycles. The first-order chi connectivity index (χ1) is 13.2. The number of hydrogen-bond acceptors (Lipinski definition) is 5. The third-order valence-corrected chi connectivity index (χ3v) is 4.85. The van der Waals surface area contributed by atoms with E-state index in [2.05, 4.69) is 28.4 Å². The minimum Gasteiger partial charge on any atom is -0.376 e. The Balaban J connectivity index is 1.81. The lowest BCUT2D eigenvalue weighted by molar-refractivity contribution is 0.0965. The zero-order valence-corrected chi connectivity index (χ0v) is 15.0. The molecule has 1 atom stereocenters. The van der Waals surface area contributed by atoms with Crippen molar-refractivity contribution in [2.45, 2.75) is 25.5 Å². The van der Waals surface area contributed by atoms with Crippen molar-refractivity contribution >= 4 is 36.0 Å². The zero-order chi connectivity index (χ0) is 18.8. The molecule has 0 spiro atoms. The Labute approximate surface area is 156 Å². The first-order valence-electron chi connectivity index (χ1n) is 8.89. The third kappa shape index (κ3) is 3.31. The normalized spacial score (nSPS) is 16.5. The largest absolute Gasteiger partial charge is 0.376 e. The minimum atomic E-state index is -0.119.